The van der Waals surface area contributed by atoms with Crippen LogP contribution in [0.25, 0.3) is 10.3 Å². The largest absolute Gasteiger partial charge is 0.473 e. The lowest BCUT2D eigenvalue weighted by Crippen LogP contribution is -2.20. The van der Waals surface area contributed by atoms with Gasteiger partial charge in [0.05, 0.1) is 7.11 Å². The number of aromatic nitrogens is 5. The highest BCUT2D eigenvalue weighted by atomic mass is 32.1. The van der Waals surface area contributed by atoms with E-state index in [1.54, 1.807) is 13.0 Å². The maximum absolute atomic E-state index is 15.0. The molecule has 2 N–H and O–H groups in total. The van der Waals surface area contributed by atoms with E-state index in [1.165, 1.54) is 7.11 Å². The van der Waals surface area contributed by atoms with E-state index in [0.29, 0.717) is 10.5 Å². The third kappa shape index (κ3) is 3.24. The first-order chi connectivity index (χ1) is 13.4. The summed E-state index contributed by atoms with van der Waals surface area (Å²) >= 11 is 1.11. The van der Waals surface area contributed by atoms with Crippen LogP contribution in [0.4, 0.5) is 24.8 Å². The molecule has 144 valence electrons. The van der Waals surface area contributed by atoms with Crippen molar-refractivity contribution >= 4 is 33.3 Å². The number of nitrogens with one attached hydrogen (secondary N) is 2. The fourth-order valence-corrected chi connectivity index (χ4v) is 3.28. The Labute approximate surface area is 160 Å². The third-order valence-electron chi connectivity index (χ3n) is 3.85. The molecule has 0 aliphatic carbocycles. The molecule has 28 heavy (non-hydrogen) atoms. The summed E-state index contributed by atoms with van der Waals surface area (Å²) in [5.41, 5.74) is 0.409. The van der Waals surface area contributed by atoms with Crippen molar-refractivity contribution in [3.8, 4) is 5.19 Å². The topological polar surface area (TPSA) is 88.6 Å². The van der Waals surface area contributed by atoms with E-state index in [2.05, 4.69) is 30.5 Å². The monoisotopic (exact) mass is 406 g/mol. The lowest BCUT2D eigenvalue weighted by molar-refractivity contribution is 0.0332. The zero-order valence-corrected chi connectivity index (χ0v) is 15.4. The van der Waals surface area contributed by atoms with Gasteiger partial charge in [0.25, 0.3) is 5.19 Å². The molecule has 4 aromatic rings. The maximum atomic E-state index is 15.0. The van der Waals surface area contributed by atoms with E-state index >= 15 is 8.78 Å². The molecule has 1 aromatic carbocycles. The minimum Gasteiger partial charge on any atom is -0.473 e. The predicted molar refractivity (Wildman–Crippen MR) is 97.8 cm³/mol. The van der Waals surface area contributed by atoms with Gasteiger partial charge in [-0.25, -0.2) is 14.4 Å². The van der Waals surface area contributed by atoms with E-state index in [-0.39, 0.29) is 16.7 Å². The first-order valence-corrected chi connectivity index (χ1v) is 8.84. The minimum absolute atomic E-state index is 0.0587. The molecule has 0 aliphatic heterocycles. The van der Waals surface area contributed by atoms with Gasteiger partial charge in [-0.15, -0.1) is 0 Å². The molecular formula is C17H13F3N6OS. The lowest BCUT2D eigenvalue weighted by Gasteiger charge is -2.16. The second kappa shape index (κ2) is 6.75. The number of halogens is 3. The summed E-state index contributed by atoms with van der Waals surface area (Å²) in [6.45, 7) is 1.80. The number of anilines is 2. The molecule has 11 heteroatoms. The molecule has 0 unspecified atom stereocenters. The molecule has 3 heterocycles. The number of fused-ring (bicyclic) bond motifs is 1. The fourth-order valence-electron chi connectivity index (χ4n) is 2.51. The summed E-state index contributed by atoms with van der Waals surface area (Å²) in [6.07, 6.45) is 0. The van der Waals surface area contributed by atoms with E-state index in [1.807, 2.05) is 0 Å². The molecule has 0 amide bonds. The Balaban J connectivity index is 1.85. The van der Waals surface area contributed by atoms with Gasteiger partial charge in [-0.05, 0) is 31.2 Å². The van der Waals surface area contributed by atoms with E-state index in [0.717, 1.165) is 41.3 Å². The molecule has 0 saturated carbocycles. The number of thiazole rings is 1. The average Bonchev–Trinajstić information content (AvgIpc) is 3.27. The summed E-state index contributed by atoms with van der Waals surface area (Å²) in [7, 11) is 1.42. The number of hydrogen-bond acceptors (Lipinski definition) is 7. The molecule has 0 spiro atoms. The van der Waals surface area contributed by atoms with Gasteiger partial charge in [0.1, 0.15) is 10.5 Å². The van der Waals surface area contributed by atoms with Crippen LogP contribution in [0.15, 0.2) is 30.3 Å². The molecule has 0 bridgehead atoms. The van der Waals surface area contributed by atoms with Crippen molar-refractivity contribution in [3.63, 3.8) is 0 Å². The van der Waals surface area contributed by atoms with Crippen LogP contribution in [-0.4, -0.2) is 32.3 Å². The quantitative estimate of drug-likeness (QED) is 0.518. The van der Waals surface area contributed by atoms with Crippen molar-refractivity contribution < 1.29 is 17.9 Å². The molecule has 7 nitrogen and oxygen atoms in total. The van der Waals surface area contributed by atoms with Crippen molar-refractivity contribution in [1.82, 2.24) is 25.1 Å². The number of hydrogen-bond donors (Lipinski definition) is 2. The van der Waals surface area contributed by atoms with Gasteiger partial charge >= 0.3 is 5.92 Å². The number of aryl methyl sites for hydroxylation is 1. The predicted octanol–water partition coefficient (Wildman–Crippen LogP) is 4.15. The van der Waals surface area contributed by atoms with Crippen molar-refractivity contribution in [3.05, 3.63) is 53.2 Å². The van der Waals surface area contributed by atoms with Crippen LogP contribution in [0, 0.1) is 12.7 Å². The first kappa shape index (κ1) is 18.2. The molecule has 0 radical (unpaired) electrons. The Morgan fingerprint density at radius 1 is 1.14 bits per heavy atom. The fraction of sp³-hybridized carbons (Fsp3) is 0.176. The summed E-state index contributed by atoms with van der Waals surface area (Å²) in [5, 5.41) is 9.95. The summed E-state index contributed by atoms with van der Waals surface area (Å²) in [6, 6.07) is 5.60. The molecule has 4 rings (SSSR count). The number of ether oxygens (including phenoxy) is 1. The molecule has 3 aromatic heterocycles. The number of H-pyrrole nitrogens is 1. The molecule has 0 atom stereocenters. The highest BCUT2D eigenvalue weighted by molar-refractivity contribution is 7.20. The number of nitrogens with zero attached hydrogens (tertiary/aromatic N) is 4. The van der Waals surface area contributed by atoms with Crippen LogP contribution in [0.1, 0.15) is 17.1 Å². The maximum Gasteiger partial charge on any atom is 0.331 e. The van der Waals surface area contributed by atoms with E-state index in [9.17, 15) is 4.39 Å². The second-order valence-electron chi connectivity index (χ2n) is 5.87. The number of aromatic amines is 1. The van der Waals surface area contributed by atoms with Gasteiger partial charge in [0.15, 0.2) is 17.3 Å². The zero-order chi connectivity index (χ0) is 19.9. The van der Waals surface area contributed by atoms with Crippen LogP contribution in [-0.2, 0) is 5.92 Å². The molecule has 0 saturated heterocycles. The van der Waals surface area contributed by atoms with Crippen molar-refractivity contribution in [2.45, 2.75) is 12.8 Å². The van der Waals surface area contributed by atoms with Crippen LogP contribution >= 0.6 is 11.3 Å². The number of benzene rings is 1. The van der Waals surface area contributed by atoms with Gasteiger partial charge in [0.2, 0.25) is 5.82 Å². The number of methoxy groups -OCH3 is 1. The molecule has 0 aliphatic rings. The Morgan fingerprint density at radius 2 is 1.89 bits per heavy atom. The minimum atomic E-state index is -3.56. The Hall–Kier alpha value is -3.21. The normalized spacial score (nSPS) is 11.8. The smallest absolute Gasteiger partial charge is 0.331 e. The second-order valence-corrected chi connectivity index (χ2v) is 6.84. The zero-order valence-electron chi connectivity index (χ0n) is 14.6. The van der Waals surface area contributed by atoms with Gasteiger partial charge in [-0.3, -0.25) is 5.10 Å². The van der Waals surface area contributed by atoms with Gasteiger partial charge in [0, 0.05) is 17.3 Å². The Kier molecular flexibility index (Phi) is 4.38. The molecular weight excluding hydrogens is 393 g/mol. The van der Waals surface area contributed by atoms with Crippen LogP contribution in [0.2, 0.25) is 0 Å². The van der Waals surface area contributed by atoms with Crippen molar-refractivity contribution in [1.29, 1.82) is 0 Å². The third-order valence-corrected chi connectivity index (χ3v) is 4.86. The van der Waals surface area contributed by atoms with Gasteiger partial charge < -0.3 is 10.1 Å². The lowest BCUT2D eigenvalue weighted by atomic mass is 10.1. The highest BCUT2D eigenvalue weighted by Gasteiger charge is 2.39. The number of rotatable bonds is 5. The summed E-state index contributed by atoms with van der Waals surface area (Å²) in [5.74, 6) is -4.42. The summed E-state index contributed by atoms with van der Waals surface area (Å²) in [4.78, 5) is 12.0. The van der Waals surface area contributed by atoms with Crippen molar-refractivity contribution in [2.75, 3.05) is 12.4 Å². The number of alkyl halides is 2. The first-order valence-electron chi connectivity index (χ1n) is 8.03. The van der Waals surface area contributed by atoms with E-state index < -0.39 is 23.1 Å². The van der Waals surface area contributed by atoms with Gasteiger partial charge in [-0.2, -0.15) is 18.9 Å². The standard InChI is InChI=1S/C17H13F3N6OS/c1-8-7-11(26-25-8)21-13-12-14(24-16(27-2)28-12)23-15(22-13)17(19,20)9-3-5-10(18)6-4-9/h3-7H,1-2H3,(H2,21,22,23,25,26). The average molecular weight is 406 g/mol. The SMILES string of the molecule is COc1nc2nc(C(F)(F)c3ccc(F)cc3)nc(Nc3cc(C)[nH]n3)c2s1. The van der Waals surface area contributed by atoms with Gasteiger partial charge in [-0.1, -0.05) is 11.3 Å². The summed E-state index contributed by atoms with van der Waals surface area (Å²) < 4.78 is 48.7. The molecule has 0 fully saturated rings. The van der Waals surface area contributed by atoms with E-state index in [4.69, 9.17) is 4.74 Å². The van der Waals surface area contributed by atoms with Crippen LogP contribution in [0.5, 0.6) is 5.19 Å². The Bertz CT molecular complexity index is 1140. The van der Waals surface area contributed by atoms with Crippen LogP contribution in [0.3, 0.4) is 0 Å². The Morgan fingerprint density at radius 3 is 2.54 bits per heavy atom. The van der Waals surface area contributed by atoms with Crippen molar-refractivity contribution in [2.24, 2.45) is 0 Å². The highest BCUT2D eigenvalue weighted by Crippen LogP contribution is 2.38. The van der Waals surface area contributed by atoms with Crippen LogP contribution < -0.4 is 10.1 Å².